The molecule has 1 N–H and O–H groups in total. The van der Waals surface area contributed by atoms with Crippen LogP contribution in [0.3, 0.4) is 0 Å². The van der Waals surface area contributed by atoms with Crippen molar-refractivity contribution in [1.29, 1.82) is 0 Å². The number of nitrogens with one attached hydrogen (secondary N) is 1. The van der Waals surface area contributed by atoms with Gasteiger partial charge in [0.05, 0.1) is 36.1 Å². The molecule has 2 aromatic carbocycles. The zero-order valence-corrected chi connectivity index (χ0v) is 20.8. The van der Waals surface area contributed by atoms with Crippen molar-refractivity contribution in [2.24, 2.45) is 5.92 Å². The molecule has 2 saturated heterocycles. The maximum Gasteiger partial charge on any atom is 0.255 e. The molecule has 2 aliphatic heterocycles. The van der Waals surface area contributed by atoms with E-state index in [2.05, 4.69) is 10.2 Å². The van der Waals surface area contributed by atoms with Crippen LogP contribution in [0.25, 0.3) is 0 Å². The highest BCUT2D eigenvalue weighted by molar-refractivity contribution is 7.89. The van der Waals surface area contributed by atoms with E-state index in [-0.39, 0.29) is 10.8 Å². The van der Waals surface area contributed by atoms with E-state index in [1.807, 2.05) is 18.2 Å². The summed E-state index contributed by atoms with van der Waals surface area (Å²) in [4.78, 5) is 15.6. The Morgan fingerprint density at radius 2 is 1.69 bits per heavy atom. The molecule has 1 amide bonds. The van der Waals surface area contributed by atoms with Crippen molar-refractivity contribution in [3.05, 3.63) is 48.0 Å². The molecule has 0 spiro atoms. The number of carbonyl (C=O) groups excluding carboxylic acids is 1. The minimum atomic E-state index is -3.68. The third kappa shape index (κ3) is 5.79. The van der Waals surface area contributed by atoms with Crippen LogP contribution in [0.5, 0.6) is 5.75 Å². The largest absolute Gasteiger partial charge is 0.493 e. The van der Waals surface area contributed by atoms with Crippen molar-refractivity contribution in [3.8, 4) is 5.75 Å². The quantitative estimate of drug-likeness (QED) is 0.595. The van der Waals surface area contributed by atoms with Crippen LogP contribution in [-0.2, 0) is 14.8 Å². The van der Waals surface area contributed by atoms with E-state index >= 15 is 0 Å². The molecule has 2 heterocycles. The second-order valence-electron chi connectivity index (χ2n) is 9.48. The molecular weight excluding hydrogens is 466 g/mol. The van der Waals surface area contributed by atoms with Crippen LogP contribution in [0.15, 0.2) is 47.4 Å². The molecule has 3 aliphatic rings. The van der Waals surface area contributed by atoms with Crippen LogP contribution in [0.4, 0.5) is 11.4 Å². The van der Waals surface area contributed by atoms with Crippen molar-refractivity contribution in [2.75, 3.05) is 56.2 Å². The summed E-state index contributed by atoms with van der Waals surface area (Å²) in [6, 6.07) is 12.2. The van der Waals surface area contributed by atoms with Crippen molar-refractivity contribution in [2.45, 2.75) is 37.0 Å². The van der Waals surface area contributed by atoms with Gasteiger partial charge in [-0.25, -0.2) is 8.42 Å². The zero-order valence-electron chi connectivity index (χ0n) is 19.9. The van der Waals surface area contributed by atoms with Crippen molar-refractivity contribution in [3.63, 3.8) is 0 Å². The highest BCUT2D eigenvalue weighted by Crippen LogP contribution is 2.33. The van der Waals surface area contributed by atoms with Gasteiger partial charge in [0, 0.05) is 31.7 Å². The lowest BCUT2D eigenvalue weighted by Crippen LogP contribution is -2.40. The molecule has 1 saturated carbocycles. The Hall–Kier alpha value is -2.62. The summed E-state index contributed by atoms with van der Waals surface area (Å²) >= 11 is 0. The number of ether oxygens (including phenoxy) is 2. The van der Waals surface area contributed by atoms with E-state index in [1.54, 1.807) is 24.3 Å². The van der Waals surface area contributed by atoms with Crippen molar-refractivity contribution < 1.29 is 22.7 Å². The number of rotatable bonds is 8. The molecule has 188 valence electrons. The van der Waals surface area contributed by atoms with Gasteiger partial charge in [-0.2, -0.15) is 4.31 Å². The van der Waals surface area contributed by atoms with Gasteiger partial charge in [-0.3, -0.25) is 4.79 Å². The second-order valence-corrected chi connectivity index (χ2v) is 11.4. The number of nitrogens with zero attached hydrogens (tertiary/aromatic N) is 2. The van der Waals surface area contributed by atoms with E-state index in [1.165, 1.54) is 23.6 Å². The second kappa shape index (κ2) is 10.6. The summed E-state index contributed by atoms with van der Waals surface area (Å²) in [6.07, 6.45) is 5.77. The van der Waals surface area contributed by atoms with Gasteiger partial charge >= 0.3 is 0 Å². The van der Waals surface area contributed by atoms with Crippen LogP contribution in [0, 0.1) is 5.92 Å². The first kappa shape index (κ1) is 24.1. The Morgan fingerprint density at radius 3 is 2.37 bits per heavy atom. The monoisotopic (exact) mass is 499 g/mol. The lowest BCUT2D eigenvalue weighted by atomic mass is 10.1. The number of anilines is 2. The molecule has 2 aromatic rings. The average molecular weight is 500 g/mol. The molecule has 0 bridgehead atoms. The summed E-state index contributed by atoms with van der Waals surface area (Å²) < 4.78 is 39.1. The third-order valence-electron chi connectivity index (χ3n) is 6.82. The number of sulfonamides is 1. The SMILES string of the molecule is O=C(Nc1cc(S(=O)(=O)N2CCOCC2)ccc1N1CCCCC1)c1ccc(OCC2CC2)cc1. The van der Waals surface area contributed by atoms with Gasteiger partial charge in [0.25, 0.3) is 5.91 Å². The molecule has 35 heavy (non-hydrogen) atoms. The first-order valence-electron chi connectivity index (χ1n) is 12.5. The first-order chi connectivity index (χ1) is 17.0. The molecule has 0 radical (unpaired) electrons. The van der Waals surface area contributed by atoms with Gasteiger partial charge in [0.1, 0.15) is 5.75 Å². The zero-order chi connectivity index (χ0) is 24.3. The van der Waals surface area contributed by atoms with E-state index in [0.29, 0.717) is 43.5 Å². The summed E-state index contributed by atoms with van der Waals surface area (Å²) in [5, 5.41) is 2.99. The molecule has 8 nitrogen and oxygen atoms in total. The lowest BCUT2D eigenvalue weighted by Gasteiger charge is -2.31. The number of benzene rings is 2. The maximum atomic E-state index is 13.3. The minimum Gasteiger partial charge on any atom is -0.493 e. The van der Waals surface area contributed by atoms with E-state index < -0.39 is 10.0 Å². The lowest BCUT2D eigenvalue weighted by molar-refractivity contribution is 0.0730. The fourth-order valence-corrected chi connectivity index (χ4v) is 5.95. The smallest absolute Gasteiger partial charge is 0.255 e. The summed E-state index contributed by atoms with van der Waals surface area (Å²) in [7, 11) is -3.68. The van der Waals surface area contributed by atoms with Crippen LogP contribution in [-0.4, -0.2) is 64.6 Å². The van der Waals surface area contributed by atoms with Crippen LogP contribution < -0.4 is 15.0 Å². The van der Waals surface area contributed by atoms with E-state index in [9.17, 15) is 13.2 Å². The predicted octanol–water partition coefficient (Wildman–Crippen LogP) is 3.74. The molecule has 5 rings (SSSR count). The third-order valence-corrected chi connectivity index (χ3v) is 8.71. The highest BCUT2D eigenvalue weighted by Gasteiger charge is 2.28. The summed E-state index contributed by atoms with van der Waals surface area (Å²) in [6.45, 7) is 3.90. The molecule has 0 unspecified atom stereocenters. The number of hydrogen-bond acceptors (Lipinski definition) is 6. The Morgan fingerprint density at radius 1 is 0.971 bits per heavy atom. The number of piperidine rings is 1. The maximum absolute atomic E-state index is 13.3. The molecular formula is C26H33N3O5S. The number of amides is 1. The predicted molar refractivity (Wildman–Crippen MR) is 135 cm³/mol. The van der Waals surface area contributed by atoms with Gasteiger partial charge < -0.3 is 19.7 Å². The highest BCUT2D eigenvalue weighted by atomic mass is 32.2. The number of hydrogen-bond donors (Lipinski definition) is 1. The van der Waals surface area contributed by atoms with Gasteiger partial charge in [-0.05, 0) is 80.5 Å². The minimum absolute atomic E-state index is 0.180. The first-order valence-corrected chi connectivity index (χ1v) is 14.0. The normalized spacial score (nSPS) is 19.4. The average Bonchev–Trinajstić information content (AvgIpc) is 3.73. The number of morpholine rings is 1. The fourth-order valence-electron chi connectivity index (χ4n) is 4.52. The topological polar surface area (TPSA) is 88.2 Å². The van der Waals surface area contributed by atoms with E-state index in [4.69, 9.17) is 9.47 Å². The molecule has 1 aliphatic carbocycles. The van der Waals surface area contributed by atoms with Crippen LogP contribution in [0.2, 0.25) is 0 Å². The van der Waals surface area contributed by atoms with Crippen molar-refractivity contribution >= 4 is 27.3 Å². The summed E-state index contributed by atoms with van der Waals surface area (Å²) in [5.41, 5.74) is 1.86. The van der Waals surface area contributed by atoms with Crippen molar-refractivity contribution in [1.82, 2.24) is 4.31 Å². The van der Waals surface area contributed by atoms with Crippen LogP contribution >= 0.6 is 0 Å². The van der Waals surface area contributed by atoms with Gasteiger partial charge in [0.2, 0.25) is 10.0 Å². The Labute approximate surface area is 207 Å². The number of carbonyl (C=O) groups is 1. The van der Waals surface area contributed by atoms with Gasteiger partial charge in [-0.15, -0.1) is 0 Å². The summed E-state index contributed by atoms with van der Waals surface area (Å²) in [5.74, 6) is 1.13. The van der Waals surface area contributed by atoms with Gasteiger partial charge in [0.15, 0.2) is 0 Å². The Bertz CT molecular complexity index is 1140. The standard InChI is InChI=1S/C26H33N3O5S/c30-26(21-6-8-22(9-7-21)34-19-20-4-5-20)27-24-18-23(35(31,32)29-14-16-33-17-15-29)10-11-25(24)28-12-2-1-3-13-28/h6-11,18,20H,1-5,12-17,19H2,(H,27,30). The molecule has 3 fully saturated rings. The molecule has 0 atom stereocenters. The van der Waals surface area contributed by atoms with E-state index in [0.717, 1.165) is 44.0 Å². The van der Waals surface area contributed by atoms with Gasteiger partial charge in [-0.1, -0.05) is 0 Å². The fraction of sp³-hybridized carbons (Fsp3) is 0.500. The van der Waals surface area contributed by atoms with Crippen LogP contribution in [0.1, 0.15) is 42.5 Å². The Balaban J connectivity index is 1.38. The Kier molecular flexibility index (Phi) is 7.27. The molecule has 9 heteroatoms. The molecule has 0 aromatic heterocycles.